The number of hydrogen-bond donors (Lipinski definition) is 1. The van der Waals surface area contributed by atoms with E-state index < -0.39 is 0 Å². The van der Waals surface area contributed by atoms with Gasteiger partial charge in [-0.3, -0.25) is 0 Å². The number of ether oxygens (including phenoxy) is 1. The molecule has 0 unspecified atom stereocenters. The monoisotopic (exact) mass is 310 g/mol. The van der Waals surface area contributed by atoms with E-state index in [4.69, 9.17) is 4.74 Å². The Morgan fingerprint density at radius 1 is 0.870 bits per heavy atom. The van der Waals surface area contributed by atoms with Gasteiger partial charge in [0.2, 0.25) is 0 Å². The molecule has 1 aliphatic carbocycles. The summed E-state index contributed by atoms with van der Waals surface area (Å²) in [7, 11) is 0. The van der Waals surface area contributed by atoms with Gasteiger partial charge in [-0.05, 0) is 41.9 Å². The van der Waals surface area contributed by atoms with Crippen LogP contribution in [-0.2, 0) is 13.0 Å². The van der Waals surface area contributed by atoms with Gasteiger partial charge >= 0.3 is 0 Å². The minimum atomic E-state index is 0.0461. The van der Waals surface area contributed by atoms with E-state index in [-0.39, 0.29) is 12.0 Å². The molecule has 0 saturated heterocycles. The van der Waals surface area contributed by atoms with Crippen molar-refractivity contribution in [1.82, 2.24) is 0 Å². The average Bonchev–Trinajstić information content (AvgIpc) is 2.63. The van der Waals surface area contributed by atoms with E-state index in [2.05, 4.69) is 24.3 Å². The first-order valence-corrected chi connectivity index (χ1v) is 8.67. The minimum absolute atomic E-state index is 0.0461. The summed E-state index contributed by atoms with van der Waals surface area (Å²) in [4.78, 5) is 0. The predicted octanol–water partition coefficient (Wildman–Crippen LogP) is 4.75. The molecule has 2 heteroatoms. The van der Waals surface area contributed by atoms with Gasteiger partial charge in [0, 0.05) is 6.61 Å². The SMILES string of the molecule is OCC1(Cc2ccccc2OCc2ccccc2)CCCCC1. The van der Waals surface area contributed by atoms with Gasteiger partial charge in [0.25, 0.3) is 0 Å². The highest BCUT2D eigenvalue weighted by Crippen LogP contribution is 2.40. The summed E-state index contributed by atoms with van der Waals surface area (Å²) in [5.41, 5.74) is 2.45. The van der Waals surface area contributed by atoms with Gasteiger partial charge in [-0.1, -0.05) is 67.8 Å². The molecule has 23 heavy (non-hydrogen) atoms. The van der Waals surface area contributed by atoms with Crippen LogP contribution in [-0.4, -0.2) is 11.7 Å². The Morgan fingerprint density at radius 3 is 2.30 bits per heavy atom. The third kappa shape index (κ3) is 4.14. The van der Waals surface area contributed by atoms with Crippen molar-refractivity contribution in [2.24, 2.45) is 5.41 Å². The fourth-order valence-electron chi connectivity index (χ4n) is 3.62. The number of rotatable bonds is 6. The fraction of sp³-hybridized carbons (Fsp3) is 0.429. The standard InChI is InChI=1S/C21H26O2/c22-17-21(13-7-2-8-14-21)15-19-11-5-6-12-20(19)23-16-18-9-3-1-4-10-18/h1,3-6,9-12,22H,2,7-8,13-17H2. The zero-order valence-corrected chi connectivity index (χ0v) is 13.7. The molecule has 2 nitrogen and oxygen atoms in total. The molecular weight excluding hydrogens is 284 g/mol. The summed E-state index contributed by atoms with van der Waals surface area (Å²) in [6.07, 6.45) is 6.91. The highest BCUT2D eigenvalue weighted by molar-refractivity contribution is 5.34. The number of para-hydroxylation sites is 1. The Labute approximate surface area is 139 Å². The molecule has 1 aliphatic rings. The molecule has 122 valence electrons. The summed E-state index contributed by atoms with van der Waals surface area (Å²) in [6.45, 7) is 0.865. The molecule has 0 aliphatic heterocycles. The number of hydrogen-bond acceptors (Lipinski definition) is 2. The first kappa shape index (κ1) is 16.1. The smallest absolute Gasteiger partial charge is 0.123 e. The van der Waals surface area contributed by atoms with Crippen LogP contribution in [0.25, 0.3) is 0 Å². The molecule has 1 saturated carbocycles. The van der Waals surface area contributed by atoms with Crippen LogP contribution in [0.4, 0.5) is 0 Å². The maximum Gasteiger partial charge on any atom is 0.123 e. The summed E-state index contributed by atoms with van der Waals surface area (Å²) < 4.78 is 6.07. The molecule has 0 radical (unpaired) electrons. The molecule has 0 aromatic heterocycles. The van der Waals surface area contributed by atoms with Crippen LogP contribution >= 0.6 is 0 Å². The van der Waals surface area contributed by atoms with Crippen molar-refractivity contribution in [3.05, 3.63) is 65.7 Å². The summed E-state index contributed by atoms with van der Waals surface area (Å²) in [5, 5.41) is 9.96. The summed E-state index contributed by atoms with van der Waals surface area (Å²) in [5.74, 6) is 0.953. The molecule has 2 aromatic rings. The van der Waals surface area contributed by atoms with Crippen molar-refractivity contribution >= 4 is 0 Å². The Bertz CT molecular complexity index is 600. The third-order valence-electron chi connectivity index (χ3n) is 5.02. The van der Waals surface area contributed by atoms with Gasteiger partial charge in [-0.15, -0.1) is 0 Å². The van der Waals surface area contributed by atoms with Crippen molar-refractivity contribution in [3.8, 4) is 5.75 Å². The second-order valence-corrected chi connectivity index (χ2v) is 6.78. The normalized spacial score (nSPS) is 16.9. The van der Waals surface area contributed by atoms with E-state index in [0.717, 1.165) is 25.0 Å². The molecule has 0 amide bonds. The Hall–Kier alpha value is -1.80. The van der Waals surface area contributed by atoms with Gasteiger partial charge in [0.05, 0.1) is 0 Å². The van der Waals surface area contributed by atoms with Gasteiger partial charge in [-0.2, -0.15) is 0 Å². The highest BCUT2D eigenvalue weighted by atomic mass is 16.5. The first-order chi connectivity index (χ1) is 11.3. The molecule has 2 aromatic carbocycles. The predicted molar refractivity (Wildman–Crippen MR) is 93.5 cm³/mol. The van der Waals surface area contributed by atoms with Crippen LogP contribution in [0.5, 0.6) is 5.75 Å². The van der Waals surface area contributed by atoms with Crippen LogP contribution in [0.3, 0.4) is 0 Å². The second kappa shape index (κ2) is 7.65. The molecular formula is C21H26O2. The Kier molecular flexibility index (Phi) is 5.35. The van der Waals surface area contributed by atoms with E-state index in [1.54, 1.807) is 0 Å². The van der Waals surface area contributed by atoms with Gasteiger partial charge in [0.1, 0.15) is 12.4 Å². The van der Waals surface area contributed by atoms with E-state index in [9.17, 15) is 5.11 Å². The van der Waals surface area contributed by atoms with E-state index in [0.29, 0.717) is 6.61 Å². The van der Waals surface area contributed by atoms with E-state index in [1.807, 2.05) is 30.3 Å². The molecule has 0 atom stereocenters. The number of aliphatic hydroxyl groups is 1. The van der Waals surface area contributed by atoms with Crippen LogP contribution in [0.2, 0.25) is 0 Å². The van der Waals surface area contributed by atoms with E-state index >= 15 is 0 Å². The quantitative estimate of drug-likeness (QED) is 0.834. The second-order valence-electron chi connectivity index (χ2n) is 6.78. The topological polar surface area (TPSA) is 29.5 Å². The molecule has 3 rings (SSSR count). The van der Waals surface area contributed by atoms with Crippen molar-refractivity contribution in [3.63, 3.8) is 0 Å². The zero-order valence-electron chi connectivity index (χ0n) is 13.7. The average molecular weight is 310 g/mol. The first-order valence-electron chi connectivity index (χ1n) is 8.67. The summed E-state index contributed by atoms with van der Waals surface area (Å²) in [6, 6.07) is 18.5. The van der Waals surface area contributed by atoms with Crippen molar-refractivity contribution < 1.29 is 9.84 Å². The van der Waals surface area contributed by atoms with Crippen molar-refractivity contribution in [2.75, 3.05) is 6.61 Å². The maximum absolute atomic E-state index is 9.96. The Balaban J connectivity index is 1.72. The van der Waals surface area contributed by atoms with Gasteiger partial charge in [0.15, 0.2) is 0 Å². The van der Waals surface area contributed by atoms with Crippen LogP contribution < -0.4 is 4.74 Å². The lowest BCUT2D eigenvalue weighted by molar-refractivity contribution is 0.0814. The lowest BCUT2D eigenvalue weighted by Gasteiger charge is -2.36. The highest BCUT2D eigenvalue weighted by Gasteiger charge is 2.32. The van der Waals surface area contributed by atoms with Gasteiger partial charge in [-0.25, -0.2) is 0 Å². The zero-order chi connectivity index (χ0) is 16.0. The Morgan fingerprint density at radius 2 is 1.57 bits per heavy atom. The van der Waals surface area contributed by atoms with Crippen LogP contribution in [0.15, 0.2) is 54.6 Å². The molecule has 0 heterocycles. The van der Waals surface area contributed by atoms with Crippen LogP contribution in [0.1, 0.15) is 43.2 Å². The summed E-state index contributed by atoms with van der Waals surface area (Å²) >= 11 is 0. The number of benzene rings is 2. The molecule has 1 fully saturated rings. The minimum Gasteiger partial charge on any atom is -0.489 e. The largest absolute Gasteiger partial charge is 0.489 e. The maximum atomic E-state index is 9.96. The van der Waals surface area contributed by atoms with Crippen LogP contribution in [0, 0.1) is 5.41 Å². The number of aliphatic hydroxyl groups excluding tert-OH is 1. The lowest BCUT2D eigenvalue weighted by Crippen LogP contribution is -2.30. The molecule has 1 N–H and O–H groups in total. The molecule has 0 bridgehead atoms. The lowest BCUT2D eigenvalue weighted by atomic mass is 9.71. The fourth-order valence-corrected chi connectivity index (χ4v) is 3.62. The third-order valence-corrected chi connectivity index (χ3v) is 5.02. The van der Waals surface area contributed by atoms with E-state index in [1.165, 1.54) is 30.4 Å². The van der Waals surface area contributed by atoms with Crippen molar-refractivity contribution in [2.45, 2.75) is 45.1 Å². The van der Waals surface area contributed by atoms with Crippen molar-refractivity contribution in [1.29, 1.82) is 0 Å². The molecule has 0 spiro atoms. The van der Waals surface area contributed by atoms with Gasteiger partial charge < -0.3 is 9.84 Å².